The zero-order chi connectivity index (χ0) is 14.7. The van der Waals surface area contributed by atoms with E-state index in [0.29, 0.717) is 17.7 Å². The van der Waals surface area contributed by atoms with E-state index in [2.05, 4.69) is 11.9 Å². The van der Waals surface area contributed by atoms with Gasteiger partial charge in [0.1, 0.15) is 5.76 Å². The van der Waals surface area contributed by atoms with Gasteiger partial charge in [-0.2, -0.15) is 0 Å². The predicted molar refractivity (Wildman–Crippen MR) is 76.9 cm³/mol. The van der Waals surface area contributed by atoms with Gasteiger partial charge in [-0.25, -0.2) is 9.78 Å². The molecule has 21 heavy (non-hydrogen) atoms. The normalized spacial score (nSPS) is 40.5. The first-order chi connectivity index (χ1) is 10.0. The van der Waals surface area contributed by atoms with E-state index in [4.69, 9.17) is 9.15 Å². The van der Waals surface area contributed by atoms with Gasteiger partial charge >= 0.3 is 5.97 Å². The van der Waals surface area contributed by atoms with Crippen LogP contribution in [-0.2, 0) is 10.2 Å². The van der Waals surface area contributed by atoms with Gasteiger partial charge in [0.25, 0.3) is 0 Å². The number of carbonyl (C=O) groups is 1. The zero-order valence-electron chi connectivity index (χ0n) is 12.9. The molecule has 0 N–H and O–H groups in total. The van der Waals surface area contributed by atoms with Crippen molar-refractivity contribution in [2.45, 2.75) is 57.8 Å². The van der Waals surface area contributed by atoms with E-state index in [1.165, 1.54) is 25.7 Å². The van der Waals surface area contributed by atoms with Gasteiger partial charge in [-0.3, -0.25) is 0 Å². The Kier molecular flexibility index (Phi) is 2.76. The third-order valence-corrected chi connectivity index (χ3v) is 5.87. The number of hydrogen-bond acceptors (Lipinski definition) is 4. The van der Waals surface area contributed by atoms with Gasteiger partial charge in [0.05, 0.1) is 6.61 Å². The van der Waals surface area contributed by atoms with Crippen LogP contribution < -0.4 is 0 Å². The largest absolute Gasteiger partial charge is 0.461 e. The van der Waals surface area contributed by atoms with Crippen molar-refractivity contribution in [3.8, 4) is 0 Å². The smallest absolute Gasteiger partial charge is 0.360 e. The van der Waals surface area contributed by atoms with Gasteiger partial charge in [0, 0.05) is 5.41 Å². The number of carbonyl (C=O) groups excluding carboxylic acids is 1. The van der Waals surface area contributed by atoms with E-state index in [1.807, 2.05) is 6.92 Å². The summed E-state index contributed by atoms with van der Waals surface area (Å²) in [5.74, 6) is 2.05. The zero-order valence-corrected chi connectivity index (χ0v) is 12.9. The number of aromatic nitrogens is 1. The van der Waals surface area contributed by atoms with Crippen molar-refractivity contribution in [1.82, 2.24) is 4.98 Å². The monoisotopic (exact) mass is 289 g/mol. The van der Waals surface area contributed by atoms with Crippen LogP contribution in [0.1, 0.15) is 68.6 Å². The highest BCUT2D eigenvalue weighted by atomic mass is 16.5. The number of hydrogen-bond donors (Lipinski definition) is 0. The topological polar surface area (TPSA) is 52.3 Å². The van der Waals surface area contributed by atoms with E-state index in [9.17, 15) is 4.79 Å². The minimum absolute atomic E-state index is 0.0252. The summed E-state index contributed by atoms with van der Waals surface area (Å²) in [4.78, 5) is 16.3. The molecule has 0 saturated heterocycles. The van der Waals surface area contributed by atoms with Gasteiger partial charge < -0.3 is 9.15 Å². The van der Waals surface area contributed by atoms with Gasteiger partial charge in [0.2, 0.25) is 0 Å². The lowest BCUT2D eigenvalue weighted by molar-refractivity contribution is -0.0694. The average Bonchev–Trinajstić information content (AvgIpc) is 2.85. The molecule has 4 aliphatic rings. The van der Waals surface area contributed by atoms with E-state index < -0.39 is 0 Å². The summed E-state index contributed by atoms with van der Waals surface area (Å²) in [5, 5.41) is 0. The Labute approximate surface area is 125 Å². The molecule has 1 heterocycles. The summed E-state index contributed by atoms with van der Waals surface area (Å²) >= 11 is 0. The maximum Gasteiger partial charge on any atom is 0.360 e. The summed E-state index contributed by atoms with van der Waals surface area (Å²) in [6, 6.07) is 0. The summed E-state index contributed by atoms with van der Waals surface area (Å²) in [5.41, 5.74) is 0.864. The molecule has 0 spiro atoms. The van der Waals surface area contributed by atoms with Crippen LogP contribution in [0.2, 0.25) is 0 Å². The molecule has 4 aliphatic carbocycles. The van der Waals surface area contributed by atoms with Crippen LogP contribution in [0.5, 0.6) is 0 Å². The first kappa shape index (κ1) is 13.4. The van der Waals surface area contributed by atoms with E-state index in [-0.39, 0.29) is 11.4 Å². The molecule has 2 unspecified atom stereocenters. The molecule has 4 heteroatoms. The lowest BCUT2D eigenvalue weighted by Gasteiger charge is -2.60. The molecule has 114 valence electrons. The molecule has 1 aromatic heterocycles. The van der Waals surface area contributed by atoms with Gasteiger partial charge in [-0.15, -0.1) is 0 Å². The second-order valence-electron chi connectivity index (χ2n) is 7.80. The lowest BCUT2D eigenvalue weighted by atomic mass is 9.44. The van der Waals surface area contributed by atoms with Gasteiger partial charge in [-0.1, -0.05) is 6.92 Å². The van der Waals surface area contributed by atoms with Crippen LogP contribution in [0.15, 0.2) is 10.8 Å². The van der Waals surface area contributed by atoms with Crippen molar-refractivity contribution in [2.75, 3.05) is 6.61 Å². The molecule has 2 atom stereocenters. The number of esters is 1. The van der Waals surface area contributed by atoms with Crippen molar-refractivity contribution < 1.29 is 13.9 Å². The van der Waals surface area contributed by atoms with Crippen molar-refractivity contribution in [1.29, 1.82) is 0 Å². The summed E-state index contributed by atoms with van der Waals surface area (Å²) in [6.45, 7) is 4.62. The Morgan fingerprint density at radius 3 is 2.71 bits per heavy atom. The maximum atomic E-state index is 12.2. The van der Waals surface area contributed by atoms with E-state index >= 15 is 0 Å². The van der Waals surface area contributed by atoms with Crippen molar-refractivity contribution in [2.24, 2.45) is 17.3 Å². The van der Waals surface area contributed by atoms with Gasteiger partial charge in [-0.05, 0) is 62.7 Å². The fourth-order valence-corrected chi connectivity index (χ4v) is 5.95. The van der Waals surface area contributed by atoms with Crippen molar-refractivity contribution >= 4 is 5.97 Å². The fourth-order valence-electron chi connectivity index (χ4n) is 5.95. The average molecular weight is 289 g/mol. The number of ether oxygens (including phenoxy) is 1. The van der Waals surface area contributed by atoms with Crippen LogP contribution in [0, 0.1) is 17.3 Å². The van der Waals surface area contributed by atoms with E-state index in [1.54, 1.807) is 0 Å². The Bertz CT molecular complexity index is 562. The van der Waals surface area contributed by atoms with Crippen LogP contribution in [0.3, 0.4) is 0 Å². The van der Waals surface area contributed by atoms with Crippen LogP contribution in [0.25, 0.3) is 0 Å². The number of rotatable bonds is 3. The molecule has 0 aliphatic heterocycles. The highest BCUT2D eigenvalue weighted by molar-refractivity contribution is 5.88. The molecule has 4 saturated carbocycles. The summed E-state index contributed by atoms with van der Waals surface area (Å²) < 4.78 is 10.9. The minimum Gasteiger partial charge on any atom is -0.461 e. The Hall–Kier alpha value is -1.32. The quantitative estimate of drug-likeness (QED) is 0.796. The highest BCUT2D eigenvalue weighted by Gasteiger charge is 2.58. The Morgan fingerprint density at radius 2 is 2.10 bits per heavy atom. The molecule has 0 amide bonds. The molecular weight excluding hydrogens is 266 g/mol. The van der Waals surface area contributed by atoms with Crippen LogP contribution in [-0.4, -0.2) is 17.6 Å². The van der Waals surface area contributed by atoms with Crippen LogP contribution in [0.4, 0.5) is 0 Å². The first-order valence-electron chi connectivity index (χ1n) is 8.15. The van der Waals surface area contributed by atoms with E-state index in [0.717, 1.165) is 36.9 Å². The second kappa shape index (κ2) is 4.34. The third kappa shape index (κ3) is 1.95. The molecule has 4 nitrogen and oxygen atoms in total. The van der Waals surface area contributed by atoms with Crippen LogP contribution >= 0.6 is 0 Å². The molecule has 5 rings (SSSR count). The molecule has 4 bridgehead atoms. The Balaban J connectivity index is 1.73. The first-order valence-corrected chi connectivity index (χ1v) is 8.15. The highest BCUT2D eigenvalue weighted by Crippen LogP contribution is 2.65. The maximum absolute atomic E-state index is 12.2. The minimum atomic E-state index is -0.331. The predicted octanol–water partition coefficient (Wildman–Crippen LogP) is 3.71. The standard InChI is InChI=1S/C17H23NO3/c1-3-20-15(19)13-14(21-10-18-13)17-7-11-4-12(8-17)6-16(2,5-11)9-17/h10-12H,3-9H2,1-2H3. The third-order valence-electron chi connectivity index (χ3n) is 5.87. The lowest BCUT2D eigenvalue weighted by Crippen LogP contribution is -2.53. The molecule has 4 fully saturated rings. The second-order valence-corrected chi connectivity index (χ2v) is 7.80. The molecule has 0 aromatic carbocycles. The summed E-state index contributed by atoms with van der Waals surface area (Å²) in [7, 11) is 0. The number of oxazole rings is 1. The number of nitrogens with zero attached hydrogens (tertiary/aromatic N) is 1. The summed E-state index contributed by atoms with van der Waals surface area (Å²) in [6.07, 6.45) is 8.90. The van der Waals surface area contributed by atoms with Crippen molar-refractivity contribution in [3.05, 3.63) is 17.8 Å². The fraction of sp³-hybridized carbons (Fsp3) is 0.765. The Morgan fingerprint density at radius 1 is 1.38 bits per heavy atom. The SMILES string of the molecule is CCOC(=O)c1ncoc1C12CC3CC(CC(C)(C3)C1)C2. The molecule has 1 aromatic rings. The van der Waals surface area contributed by atoms with Crippen molar-refractivity contribution in [3.63, 3.8) is 0 Å². The molecular formula is C17H23NO3. The molecule has 0 radical (unpaired) electrons. The van der Waals surface area contributed by atoms with Gasteiger partial charge in [0.15, 0.2) is 12.1 Å².